The van der Waals surface area contributed by atoms with E-state index >= 15 is 0 Å². The molecule has 0 bridgehead atoms. The topological polar surface area (TPSA) is 107 Å². The number of fused-ring (bicyclic) bond motifs is 4. The van der Waals surface area contributed by atoms with Crippen molar-refractivity contribution in [2.75, 3.05) is 39.2 Å². The predicted octanol–water partition coefficient (Wildman–Crippen LogP) is 1.11. The molecule has 0 radical (unpaired) electrons. The summed E-state index contributed by atoms with van der Waals surface area (Å²) in [6, 6.07) is 8.82. The third-order valence-electron chi connectivity index (χ3n) is 6.33. The van der Waals surface area contributed by atoms with Gasteiger partial charge in [0.1, 0.15) is 16.7 Å². The van der Waals surface area contributed by atoms with E-state index in [4.69, 9.17) is 15.2 Å². The van der Waals surface area contributed by atoms with Crippen LogP contribution in [0.2, 0.25) is 0 Å². The quantitative estimate of drug-likeness (QED) is 0.677. The van der Waals surface area contributed by atoms with Crippen LogP contribution >= 0.6 is 0 Å². The number of ether oxygens (including phenoxy) is 2. The Morgan fingerprint density at radius 3 is 2.58 bits per heavy atom. The number of rotatable bonds is 5. The fourth-order valence-electron chi connectivity index (χ4n) is 4.83. The lowest BCUT2D eigenvalue weighted by Gasteiger charge is -2.36. The molecule has 4 rings (SSSR count). The van der Waals surface area contributed by atoms with Gasteiger partial charge in [-0.05, 0) is 34.0 Å². The summed E-state index contributed by atoms with van der Waals surface area (Å²) in [6.07, 6.45) is 0. The maximum atomic E-state index is 14.1. The van der Waals surface area contributed by atoms with Crippen LogP contribution in [-0.2, 0) is 26.3 Å². The van der Waals surface area contributed by atoms with Crippen LogP contribution in [0.3, 0.4) is 0 Å². The van der Waals surface area contributed by atoms with Gasteiger partial charge in [-0.25, -0.2) is 4.79 Å². The minimum atomic E-state index is -1.76. The zero-order valence-electron chi connectivity index (χ0n) is 19.5. The minimum Gasteiger partial charge on any atom is -0.465 e. The molecule has 0 fully saturated rings. The van der Waals surface area contributed by atoms with Gasteiger partial charge in [0, 0.05) is 42.6 Å². The molecule has 2 N–H and O–H groups in total. The van der Waals surface area contributed by atoms with Crippen molar-refractivity contribution in [2.24, 2.45) is 5.73 Å². The fourth-order valence-corrected chi connectivity index (χ4v) is 4.83. The van der Waals surface area contributed by atoms with Gasteiger partial charge in [0.05, 0.1) is 12.7 Å². The van der Waals surface area contributed by atoms with Gasteiger partial charge in [0.15, 0.2) is 0 Å². The van der Waals surface area contributed by atoms with Crippen molar-refractivity contribution < 1.29 is 19.1 Å². The summed E-state index contributed by atoms with van der Waals surface area (Å²) in [5, 5.41) is 0. The van der Waals surface area contributed by atoms with Gasteiger partial charge in [-0.3, -0.25) is 9.59 Å². The Hall–Kier alpha value is -3.59. The summed E-state index contributed by atoms with van der Waals surface area (Å²) in [5.74, 6) is -1.33. The molecule has 2 aliphatic rings. The maximum absolute atomic E-state index is 14.1. The minimum absolute atomic E-state index is 0.0786. The van der Waals surface area contributed by atoms with Crippen LogP contribution in [0.15, 0.2) is 46.6 Å². The van der Waals surface area contributed by atoms with E-state index in [0.717, 1.165) is 0 Å². The Morgan fingerprint density at radius 1 is 1.24 bits per heavy atom. The zero-order valence-corrected chi connectivity index (χ0v) is 19.5. The van der Waals surface area contributed by atoms with Crippen molar-refractivity contribution in [1.29, 1.82) is 0 Å². The lowest BCUT2D eigenvalue weighted by Crippen LogP contribution is -2.52. The molecule has 0 unspecified atom stereocenters. The molecule has 1 aromatic carbocycles. The summed E-state index contributed by atoms with van der Waals surface area (Å²) < 4.78 is 12.4. The molecule has 9 heteroatoms. The maximum Gasteiger partial charge on any atom is 0.340 e. The normalized spacial score (nSPS) is 19.1. The molecule has 0 aliphatic carbocycles. The van der Waals surface area contributed by atoms with E-state index in [1.54, 1.807) is 40.7 Å². The number of hydrogen-bond acceptors (Lipinski definition) is 7. The van der Waals surface area contributed by atoms with Gasteiger partial charge >= 0.3 is 5.97 Å². The average Bonchev–Trinajstić information content (AvgIpc) is 3.01. The summed E-state index contributed by atoms with van der Waals surface area (Å²) in [7, 11) is 5.04. The standard InChI is InChI=1S/C24H28N4O5/c1-6-27-16-10-8-7-9-15(16)24(23(27)31)18-17(33-20(25)19(24)22(30)32-5)13-14(2)28(21(18)29)12-11-26(3)4/h7-10,13H,6,11-12,25H2,1-5H3/t24-/m1/s1. The van der Waals surface area contributed by atoms with E-state index < -0.39 is 22.9 Å². The van der Waals surface area contributed by atoms with Crippen molar-refractivity contribution in [2.45, 2.75) is 25.8 Å². The van der Waals surface area contributed by atoms with Crippen LogP contribution < -0.4 is 20.9 Å². The number of carbonyl (C=O) groups excluding carboxylic acids is 2. The fraction of sp³-hybridized carbons (Fsp3) is 0.375. The first-order chi connectivity index (χ1) is 15.7. The highest BCUT2D eigenvalue weighted by Gasteiger charge is 2.62. The molecule has 3 heterocycles. The number of anilines is 1. The Labute approximate surface area is 192 Å². The monoisotopic (exact) mass is 452 g/mol. The van der Waals surface area contributed by atoms with E-state index in [2.05, 4.69) is 0 Å². The molecule has 0 saturated heterocycles. The highest BCUT2D eigenvalue weighted by atomic mass is 16.5. The third kappa shape index (κ3) is 3.06. The van der Waals surface area contributed by atoms with E-state index in [9.17, 15) is 14.4 Å². The van der Waals surface area contributed by atoms with Gasteiger partial charge in [0.2, 0.25) is 11.8 Å². The Balaban J connectivity index is 2.14. The number of amides is 1. The number of para-hydroxylation sites is 1. The second-order valence-corrected chi connectivity index (χ2v) is 8.43. The van der Waals surface area contributed by atoms with Crippen LogP contribution in [0.1, 0.15) is 23.7 Å². The first kappa shape index (κ1) is 22.6. The first-order valence-electron chi connectivity index (χ1n) is 10.8. The summed E-state index contributed by atoms with van der Waals surface area (Å²) in [6.45, 7) is 5.00. The molecule has 1 atom stereocenters. The van der Waals surface area contributed by atoms with Gasteiger partial charge in [0.25, 0.3) is 5.56 Å². The van der Waals surface area contributed by atoms with Crippen molar-refractivity contribution in [3.8, 4) is 5.75 Å². The van der Waals surface area contributed by atoms with E-state index in [0.29, 0.717) is 36.6 Å². The number of benzene rings is 1. The predicted molar refractivity (Wildman–Crippen MR) is 123 cm³/mol. The molecule has 33 heavy (non-hydrogen) atoms. The molecular weight excluding hydrogens is 424 g/mol. The smallest absolute Gasteiger partial charge is 0.340 e. The number of pyridine rings is 1. The zero-order chi connectivity index (χ0) is 24.1. The number of likely N-dealkylation sites (N-methyl/N-ethyl adjacent to an activating group) is 2. The van der Waals surface area contributed by atoms with Crippen LogP contribution in [0.25, 0.3) is 0 Å². The Bertz CT molecular complexity index is 1250. The molecule has 1 spiro atoms. The van der Waals surface area contributed by atoms with Crippen LogP contribution in [0.5, 0.6) is 5.75 Å². The number of hydrogen-bond donors (Lipinski definition) is 1. The summed E-state index contributed by atoms with van der Waals surface area (Å²) in [4.78, 5) is 44.7. The molecule has 1 aromatic heterocycles. The number of aromatic nitrogens is 1. The molecular formula is C24H28N4O5. The molecule has 2 aromatic rings. The van der Waals surface area contributed by atoms with Crippen molar-refractivity contribution >= 4 is 17.6 Å². The largest absolute Gasteiger partial charge is 0.465 e. The molecule has 9 nitrogen and oxygen atoms in total. The molecule has 174 valence electrons. The second-order valence-electron chi connectivity index (χ2n) is 8.43. The lowest BCUT2D eigenvalue weighted by atomic mass is 9.68. The van der Waals surface area contributed by atoms with Crippen LogP contribution in [0.4, 0.5) is 5.69 Å². The number of esters is 1. The van der Waals surface area contributed by atoms with Gasteiger partial charge < -0.3 is 29.6 Å². The van der Waals surface area contributed by atoms with E-state index in [1.165, 1.54) is 7.11 Å². The molecule has 2 aliphatic heterocycles. The highest BCUT2D eigenvalue weighted by Crippen LogP contribution is 2.54. The second kappa shape index (κ2) is 8.08. The molecule has 1 amide bonds. The molecule has 0 saturated carbocycles. The van der Waals surface area contributed by atoms with Crippen molar-refractivity contribution in [3.63, 3.8) is 0 Å². The first-order valence-corrected chi connectivity index (χ1v) is 10.8. The van der Waals surface area contributed by atoms with Gasteiger partial charge in [-0.2, -0.15) is 0 Å². The van der Waals surface area contributed by atoms with Crippen molar-refractivity contribution in [1.82, 2.24) is 9.47 Å². The SMILES string of the molecule is CCN1C(=O)[C@]2(C(C(=O)OC)=C(N)Oc3cc(C)n(CCN(C)C)c(=O)c32)c2ccccc21. The number of methoxy groups -OCH3 is 1. The van der Waals surface area contributed by atoms with E-state index in [-0.39, 0.29) is 22.8 Å². The van der Waals surface area contributed by atoms with Crippen molar-refractivity contribution in [3.05, 3.63) is 69.0 Å². The summed E-state index contributed by atoms with van der Waals surface area (Å²) in [5.41, 5.74) is 5.76. The number of carbonyl (C=O) groups is 2. The number of nitrogens with two attached hydrogens (primary N) is 1. The van der Waals surface area contributed by atoms with Crippen LogP contribution in [-0.4, -0.2) is 55.6 Å². The Morgan fingerprint density at radius 2 is 1.94 bits per heavy atom. The van der Waals surface area contributed by atoms with Crippen LogP contribution in [0, 0.1) is 6.92 Å². The number of aryl methyl sites for hydroxylation is 1. The van der Waals surface area contributed by atoms with Gasteiger partial charge in [-0.1, -0.05) is 18.2 Å². The third-order valence-corrected chi connectivity index (χ3v) is 6.33. The lowest BCUT2D eigenvalue weighted by molar-refractivity contribution is -0.138. The average molecular weight is 453 g/mol. The van der Waals surface area contributed by atoms with Gasteiger partial charge in [-0.15, -0.1) is 0 Å². The Kier molecular flexibility index (Phi) is 5.53. The van der Waals surface area contributed by atoms with E-state index in [1.807, 2.05) is 32.0 Å². The summed E-state index contributed by atoms with van der Waals surface area (Å²) >= 11 is 0. The number of nitrogens with zero attached hydrogens (tertiary/aromatic N) is 3. The highest BCUT2D eigenvalue weighted by molar-refractivity contribution is 6.18.